The Hall–Kier alpha value is -2.83. The highest BCUT2D eigenvalue weighted by Gasteiger charge is 2.31. The van der Waals surface area contributed by atoms with E-state index in [9.17, 15) is 14.4 Å². The van der Waals surface area contributed by atoms with Crippen LogP contribution in [-0.2, 0) is 9.59 Å². The largest absolute Gasteiger partial charge is 0.355 e. The maximum absolute atomic E-state index is 12.8. The molecule has 2 saturated heterocycles. The van der Waals surface area contributed by atoms with Crippen molar-refractivity contribution < 1.29 is 14.4 Å². The van der Waals surface area contributed by atoms with E-state index in [1.54, 1.807) is 4.90 Å². The summed E-state index contributed by atoms with van der Waals surface area (Å²) in [6.45, 7) is 4.57. The van der Waals surface area contributed by atoms with Gasteiger partial charge in [-0.15, -0.1) is 0 Å². The SMILES string of the molecule is Cc1ccc2cc(C(=O)N3CCN(C(=O)C4CCC(=O)NC4)CC3)[nH]c2c1. The van der Waals surface area contributed by atoms with Crippen LogP contribution in [0, 0.1) is 12.8 Å². The number of amides is 3. The fourth-order valence-corrected chi connectivity index (χ4v) is 3.86. The Kier molecular flexibility index (Phi) is 4.59. The average molecular weight is 368 g/mol. The Balaban J connectivity index is 1.37. The first kappa shape index (κ1) is 17.6. The molecule has 1 unspecified atom stereocenters. The van der Waals surface area contributed by atoms with E-state index in [-0.39, 0.29) is 23.6 Å². The molecule has 0 spiro atoms. The van der Waals surface area contributed by atoms with Crippen molar-refractivity contribution in [3.63, 3.8) is 0 Å². The number of carbonyl (C=O) groups is 3. The molecule has 2 aromatic rings. The normalized spacial score (nSPS) is 20.6. The molecule has 7 nitrogen and oxygen atoms in total. The van der Waals surface area contributed by atoms with Crippen LogP contribution in [0.5, 0.6) is 0 Å². The number of hydrogen-bond acceptors (Lipinski definition) is 3. The van der Waals surface area contributed by atoms with Crippen molar-refractivity contribution in [3.05, 3.63) is 35.5 Å². The molecule has 1 aromatic heterocycles. The van der Waals surface area contributed by atoms with Gasteiger partial charge in [0.15, 0.2) is 0 Å². The third kappa shape index (κ3) is 3.54. The molecule has 142 valence electrons. The minimum atomic E-state index is -0.137. The topological polar surface area (TPSA) is 85.5 Å². The van der Waals surface area contributed by atoms with Crippen LogP contribution in [0.4, 0.5) is 0 Å². The zero-order valence-corrected chi connectivity index (χ0v) is 15.5. The lowest BCUT2D eigenvalue weighted by molar-refractivity contribution is -0.138. The highest BCUT2D eigenvalue weighted by atomic mass is 16.2. The summed E-state index contributed by atoms with van der Waals surface area (Å²) in [5, 5.41) is 3.79. The molecular weight excluding hydrogens is 344 g/mol. The molecule has 4 rings (SSSR count). The number of nitrogens with zero attached hydrogens (tertiary/aromatic N) is 2. The predicted octanol–water partition coefficient (Wildman–Crippen LogP) is 1.29. The van der Waals surface area contributed by atoms with Crippen LogP contribution < -0.4 is 5.32 Å². The standard InChI is InChI=1S/C20H24N4O3/c1-13-2-3-14-11-17(22-16(14)10-13)20(27)24-8-6-23(7-9-24)19(26)15-4-5-18(25)21-12-15/h2-3,10-11,15,22H,4-9,12H2,1H3,(H,21,25). The molecule has 0 bridgehead atoms. The number of nitrogens with one attached hydrogen (secondary N) is 2. The summed E-state index contributed by atoms with van der Waals surface area (Å²) in [4.78, 5) is 43.5. The molecule has 3 heterocycles. The van der Waals surface area contributed by atoms with E-state index in [0.29, 0.717) is 51.3 Å². The van der Waals surface area contributed by atoms with E-state index in [4.69, 9.17) is 0 Å². The number of aryl methyl sites for hydroxylation is 1. The highest BCUT2D eigenvalue weighted by molar-refractivity contribution is 5.98. The average Bonchev–Trinajstić information content (AvgIpc) is 3.11. The molecule has 2 aliphatic rings. The van der Waals surface area contributed by atoms with Gasteiger partial charge in [0.2, 0.25) is 11.8 Å². The van der Waals surface area contributed by atoms with Crippen molar-refractivity contribution in [2.24, 2.45) is 5.92 Å². The number of benzene rings is 1. The lowest BCUT2D eigenvalue weighted by atomic mass is 9.97. The Morgan fingerprint density at radius 3 is 2.52 bits per heavy atom. The molecule has 1 aromatic carbocycles. The first-order valence-corrected chi connectivity index (χ1v) is 9.45. The third-order valence-corrected chi connectivity index (χ3v) is 5.50. The van der Waals surface area contributed by atoms with Gasteiger partial charge in [-0.25, -0.2) is 0 Å². The van der Waals surface area contributed by atoms with E-state index in [2.05, 4.69) is 10.3 Å². The molecule has 2 N–H and O–H groups in total. The van der Waals surface area contributed by atoms with E-state index in [1.807, 2.05) is 36.1 Å². The lowest BCUT2D eigenvalue weighted by Gasteiger charge is -2.37. The summed E-state index contributed by atoms with van der Waals surface area (Å²) in [6.07, 6.45) is 1.02. The van der Waals surface area contributed by atoms with Gasteiger partial charge in [-0.05, 0) is 31.0 Å². The number of H-pyrrole nitrogens is 1. The Bertz CT molecular complexity index is 886. The van der Waals surface area contributed by atoms with Gasteiger partial charge in [-0.2, -0.15) is 0 Å². The van der Waals surface area contributed by atoms with E-state index in [0.717, 1.165) is 16.5 Å². The Morgan fingerprint density at radius 1 is 1.07 bits per heavy atom. The Labute approximate surface area is 157 Å². The zero-order valence-electron chi connectivity index (χ0n) is 15.5. The summed E-state index contributed by atoms with van der Waals surface area (Å²) in [6, 6.07) is 7.96. The molecule has 2 aliphatic heterocycles. The predicted molar refractivity (Wildman–Crippen MR) is 101 cm³/mol. The summed E-state index contributed by atoms with van der Waals surface area (Å²) >= 11 is 0. The molecule has 0 aliphatic carbocycles. The smallest absolute Gasteiger partial charge is 0.270 e. The molecule has 7 heteroatoms. The van der Waals surface area contributed by atoms with Crippen LogP contribution in [-0.4, -0.2) is 65.2 Å². The molecule has 27 heavy (non-hydrogen) atoms. The quantitative estimate of drug-likeness (QED) is 0.838. The lowest BCUT2D eigenvalue weighted by Crippen LogP contribution is -2.53. The van der Waals surface area contributed by atoms with Crippen LogP contribution in [0.1, 0.15) is 28.9 Å². The van der Waals surface area contributed by atoms with Crippen molar-refractivity contribution in [1.82, 2.24) is 20.1 Å². The van der Waals surface area contributed by atoms with Crippen molar-refractivity contribution in [3.8, 4) is 0 Å². The van der Waals surface area contributed by atoms with Gasteiger partial charge in [-0.3, -0.25) is 14.4 Å². The van der Waals surface area contributed by atoms with Crippen LogP contribution in [0.3, 0.4) is 0 Å². The third-order valence-electron chi connectivity index (χ3n) is 5.50. The number of hydrogen-bond donors (Lipinski definition) is 2. The van der Waals surface area contributed by atoms with Crippen molar-refractivity contribution in [2.45, 2.75) is 19.8 Å². The van der Waals surface area contributed by atoms with E-state index >= 15 is 0 Å². The number of fused-ring (bicyclic) bond motifs is 1. The van der Waals surface area contributed by atoms with Crippen LogP contribution in [0.2, 0.25) is 0 Å². The van der Waals surface area contributed by atoms with Crippen molar-refractivity contribution in [1.29, 1.82) is 0 Å². The van der Waals surface area contributed by atoms with Crippen molar-refractivity contribution >= 4 is 28.6 Å². The zero-order chi connectivity index (χ0) is 19.0. The summed E-state index contributed by atoms with van der Waals surface area (Å²) in [5.41, 5.74) is 2.70. The minimum Gasteiger partial charge on any atom is -0.355 e. The molecule has 0 radical (unpaired) electrons. The van der Waals surface area contributed by atoms with Gasteiger partial charge in [0.1, 0.15) is 5.69 Å². The van der Waals surface area contributed by atoms with Crippen molar-refractivity contribution in [2.75, 3.05) is 32.7 Å². The first-order chi connectivity index (χ1) is 13.0. The molecular formula is C20H24N4O3. The summed E-state index contributed by atoms with van der Waals surface area (Å²) in [5.74, 6) is -0.0611. The van der Waals surface area contributed by atoms with Gasteiger partial charge >= 0.3 is 0 Å². The number of carbonyl (C=O) groups excluding carboxylic acids is 3. The number of aromatic nitrogens is 1. The van der Waals surface area contributed by atoms with E-state index < -0.39 is 0 Å². The van der Waals surface area contributed by atoms with Gasteiger partial charge in [0.25, 0.3) is 5.91 Å². The van der Waals surface area contributed by atoms with Crippen LogP contribution >= 0.6 is 0 Å². The van der Waals surface area contributed by atoms with Crippen LogP contribution in [0.15, 0.2) is 24.3 Å². The van der Waals surface area contributed by atoms with Crippen LogP contribution in [0.25, 0.3) is 10.9 Å². The summed E-state index contributed by atoms with van der Waals surface area (Å²) < 4.78 is 0. The van der Waals surface area contributed by atoms with Gasteiger partial charge < -0.3 is 20.1 Å². The highest BCUT2D eigenvalue weighted by Crippen LogP contribution is 2.20. The Morgan fingerprint density at radius 2 is 1.81 bits per heavy atom. The number of piperidine rings is 1. The summed E-state index contributed by atoms with van der Waals surface area (Å²) in [7, 11) is 0. The molecule has 3 amide bonds. The number of piperazine rings is 1. The number of rotatable bonds is 2. The second-order valence-corrected chi connectivity index (χ2v) is 7.43. The maximum Gasteiger partial charge on any atom is 0.270 e. The fraction of sp³-hybridized carbons (Fsp3) is 0.450. The first-order valence-electron chi connectivity index (χ1n) is 9.45. The minimum absolute atomic E-state index is 0.0167. The van der Waals surface area contributed by atoms with Gasteiger partial charge in [0, 0.05) is 50.0 Å². The second kappa shape index (κ2) is 7.06. The van der Waals surface area contributed by atoms with E-state index in [1.165, 1.54) is 0 Å². The monoisotopic (exact) mass is 368 g/mol. The maximum atomic E-state index is 12.8. The van der Waals surface area contributed by atoms with Gasteiger partial charge in [-0.1, -0.05) is 12.1 Å². The fourth-order valence-electron chi connectivity index (χ4n) is 3.86. The van der Waals surface area contributed by atoms with Gasteiger partial charge in [0.05, 0.1) is 5.92 Å². The molecule has 2 fully saturated rings. The second-order valence-electron chi connectivity index (χ2n) is 7.43. The molecule has 1 atom stereocenters. The molecule has 0 saturated carbocycles. The number of aromatic amines is 1.